The Bertz CT molecular complexity index is 210. The molecule has 0 unspecified atom stereocenters. The van der Waals surface area contributed by atoms with E-state index in [1.54, 1.807) is 0 Å². The fourth-order valence-electron chi connectivity index (χ4n) is 2.19. The highest BCUT2D eigenvalue weighted by Crippen LogP contribution is 2.30. The molecular weight excluding hydrogens is 218 g/mol. The van der Waals surface area contributed by atoms with Gasteiger partial charge in [-0.2, -0.15) is 11.8 Å². The lowest BCUT2D eigenvalue weighted by atomic mass is 9.88. The Morgan fingerprint density at radius 2 is 1.94 bits per heavy atom. The van der Waals surface area contributed by atoms with Gasteiger partial charge in [0.15, 0.2) is 0 Å². The molecule has 94 valence electrons. The Morgan fingerprint density at radius 1 is 1.31 bits per heavy atom. The lowest BCUT2D eigenvalue weighted by Crippen LogP contribution is -2.34. The monoisotopic (exact) mass is 243 g/mol. The van der Waals surface area contributed by atoms with Crippen LogP contribution in [0.4, 0.5) is 0 Å². The number of hydrogen-bond acceptors (Lipinski definition) is 2. The molecule has 1 saturated carbocycles. The van der Waals surface area contributed by atoms with Crippen LogP contribution in [-0.4, -0.2) is 24.0 Å². The van der Waals surface area contributed by atoms with Gasteiger partial charge in [-0.1, -0.05) is 13.8 Å². The molecule has 0 aromatic carbocycles. The van der Waals surface area contributed by atoms with Gasteiger partial charge in [-0.05, 0) is 44.3 Å². The van der Waals surface area contributed by atoms with E-state index in [1.807, 2.05) is 11.8 Å². The van der Waals surface area contributed by atoms with Gasteiger partial charge in [-0.25, -0.2) is 0 Å². The zero-order chi connectivity index (χ0) is 12.0. The van der Waals surface area contributed by atoms with Crippen molar-refractivity contribution in [2.45, 2.75) is 51.2 Å². The molecule has 0 radical (unpaired) electrons. The highest BCUT2D eigenvalue weighted by molar-refractivity contribution is 7.99. The largest absolute Gasteiger partial charge is 0.356 e. The lowest BCUT2D eigenvalue weighted by molar-refractivity contribution is -0.125. The van der Waals surface area contributed by atoms with Crippen LogP contribution >= 0.6 is 11.8 Å². The van der Waals surface area contributed by atoms with Crippen LogP contribution in [0.2, 0.25) is 0 Å². The molecule has 2 nitrogen and oxygen atoms in total. The predicted octanol–water partition coefficient (Wildman–Crippen LogP) is 3.07. The molecule has 1 aliphatic rings. The van der Waals surface area contributed by atoms with E-state index in [9.17, 15) is 4.79 Å². The first-order valence-corrected chi connectivity index (χ1v) is 7.72. The molecule has 0 saturated heterocycles. The molecule has 0 heterocycles. The summed E-state index contributed by atoms with van der Waals surface area (Å²) in [5.41, 5.74) is 0. The summed E-state index contributed by atoms with van der Waals surface area (Å²) in [7, 11) is 0. The zero-order valence-corrected chi connectivity index (χ0v) is 11.6. The van der Waals surface area contributed by atoms with Crippen molar-refractivity contribution in [3.8, 4) is 0 Å². The zero-order valence-electron chi connectivity index (χ0n) is 10.8. The molecule has 1 amide bonds. The normalized spacial score (nSPS) is 25.8. The summed E-state index contributed by atoms with van der Waals surface area (Å²) in [5.74, 6) is 1.25. The molecule has 1 rings (SSSR count). The second-order valence-corrected chi connectivity index (χ2v) is 6.32. The fourth-order valence-corrected chi connectivity index (χ4v) is 2.93. The van der Waals surface area contributed by atoms with Gasteiger partial charge in [0.05, 0.1) is 0 Å². The topological polar surface area (TPSA) is 29.1 Å². The summed E-state index contributed by atoms with van der Waals surface area (Å²) in [6.07, 6.45) is 7.85. The summed E-state index contributed by atoms with van der Waals surface area (Å²) in [4.78, 5) is 11.9. The first kappa shape index (κ1) is 13.9. The van der Waals surface area contributed by atoms with E-state index in [4.69, 9.17) is 0 Å². The highest BCUT2D eigenvalue weighted by atomic mass is 32.2. The third kappa shape index (κ3) is 4.77. The number of amides is 1. The number of carbonyl (C=O) groups is 1. The van der Waals surface area contributed by atoms with E-state index in [1.165, 1.54) is 12.8 Å². The van der Waals surface area contributed by atoms with Crippen LogP contribution in [-0.2, 0) is 4.79 Å². The third-order valence-electron chi connectivity index (χ3n) is 3.40. The Morgan fingerprint density at radius 3 is 2.44 bits per heavy atom. The predicted molar refractivity (Wildman–Crippen MR) is 71.7 cm³/mol. The van der Waals surface area contributed by atoms with E-state index in [-0.39, 0.29) is 5.92 Å². The molecule has 0 aliphatic heterocycles. The first-order valence-electron chi connectivity index (χ1n) is 6.44. The van der Waals surface area contributed by atoms with Crippen LogP contribution in [0, 0.1) is 11.8 Å². The van der Waals surface area contributed by atoms with Gasteiger partial charge in [0.1, 0.15) is 0 Å². The molecule has 0 aromatic heterocycles. The molecule has 16 heavy (non-hydrogen) atoms. The average Bonchev–Trinajstić information content (AvgIpc) is 2.28. The maximum absolute atomic E-state index is 11.9. The Balaban J connectivity index is 2.18. The van der Waals surface area contributed by atoms with Crippen molar-refractivity contribution in [1.82, 2.24) is 5.32 Å². The molecule has 0 aromatic rings. The minimum absolute atomic E-state index is 0.288. The van der Waals surface area contributed by atoms with Crippen LogP contribution in [0.5, 0.6) is 0 Å². The maximum atomic E-state index is 11.9. The van der Waals surface area contributed by atoms with Crippen molar-refractivity contribution in [2.24, 2.45) is 11.8 Å². The summed E-state index contributed by atoms with van der Waals surface area (Å²) < 4.78 is 0. The second-order valence-electron chi connectivity index (χ2n) is 5.18. The quantitative estimate of drug-likeness (QED) is 0.804. The summed E-state index contributed by atoms with van der Waals surface area (Å²) in [6, 6.07) is 0. The van der Waals surface area contributed by atoms with Crippen molar-refractivity contribution in [3.63, 3.8) is 0 Å². The van der Waals surface area contributed by atoms with Crippen LogP contribution < -0.4 is 5.32 Å². The highest BCUT2D eigenvalue weighted by Gasteiger charge is 2.25. The van der Waals surface area contributed by atoms with Crippen LogP contribution in [0.15, 0.2) is 0 Å². The summed E-state index contributed by atoms with van der Waals surface area (Å²) in [6.45, 7) is 5.23. The summed E-state index contributed by atoms with van der Waals surface area (Å²) >= 11 is 1.95. The van der Waals surface area contributed by atoms with Gasteiger partial charge in [-0.15, -0.1) is 0 Å². The van der Waals surface area contributed by atoms with Gasteiger partial charge in [-0.3, -0.25) is 4.79 Å². The second kappa shape index (κ2) is 7.21. The molecule has 1 N–H and O–H groups in total. The molecule has 0 spiro atoms. The van der Waals surface area contributed by atoms with Crippen molar-refractivity contribution < 1.29 is 4.79 Å². The number of thioether (sulfide) groups is 1. The Kier molecular flexibility index (Phi) is 6.25. The Hall–Kier alpha value is -0.180. The van der Waals surface area contributed by atoms with E-state index in [2.05, 4.69) is 25.4 Å². The van der Waals surface area contributed by atoms with Crippen LogP contribution in [0.25, 0.3) is 0 Å². The number of nitrogens with one attached hydrogen (secondary N) is 1. The lowest BCUT2D eigenvalue weighted by Gasteiger charge is -2.26. The SMILES string of the molecule is CSC1CCC(C(=O)NCCC(C)C)CC1. The van der Waals surface area contributed by atoms with E-state index in [0.29, 0.717) is 11.8 Å². The van der Waals surface area contributed by atoms with Gasteiger partial charge in [0.2, 0.25) is 5.91 Å². The number of hydrogen-bond donors (Lipinski definition) is 1. The molecule has 0 bridgehead atoms. The fraction of sp³-hybridized carbons (Fsp3) is 0.923. The molecule has 0 atom stereocenters. The van der Waals surface area contributed by atoms with Gasteiger partial charge in [0.25, 0.3) is 0 Å². The maximum Gasteiger partial charge on any atom is 0.223 e. The number of carbonyl (C=O) groups excluding carboxylic acids is 1. The van der Waals surface area contributed by atoms with Crippen molar-refractivity contribution >= 4 is 17.7 Å². The molecule has 1 fully saturated rings. The molecule has 3 heteroatoms. The minimum atomic E-state index is 0.288. The number of rotatable bonds is 5. The minimum Gasteiger partial charge on any atom is -0.356 e. The van der Waals surface area contributed by atoms with Crippen molar-refractivity contribution in [2.75, 3.05) is 12.8 Å². The third-order valence-corrected chi connectivity index (χ3v) is 4.54. The van der Waals surface area contributed by atoms with Crippen LogP contribution in [0.3, 0.4) is 0 Å². The molecular formula is C13H25NOS. The van der Waals surface area contributed by atoms with E-state index >= 15 is 0 Å². The van der Waals surface area contributed by atoms with Crippen molar-refractivity contribution in [1.29, 1.82) is 0 Å². The standard InChI is InChI=1S/C13H25NOS/c1-10(2)8-9-14-13(15)11-4-6-12(16-3)7-5-11/h10-12H,4-9H2,1-3H3,(H,14,15). The smallest absolute Gasteiger partial charge is 0.223 e. The van der Waals surface area contributed by atoms with Gasteiger partial charge >= 0.3 is 0 Å². The average molecular weight is 243 g/mol. The van der Waals surface area contributed by atoms with Crippen LogP contribution in [0.1, 0.15) is 46.0 Å². The van der Waals surface area contributed by atoms with E-state index < -0.39 is 0 Å². The van der Waals surface area contributed by atoms with Gasteiger partial charge in [0, 0.05) is 17.7 Å². The molecule has 1 aliphatic carbocycles. The summed E-state index contributed by atoms with van der Waals surface area (Å²) in [5, 5.41) is 3.86. The van der Waals surface area contributed by atoms with Gasteiger partial charge < -0.3 is 5.32 Å². The van der Waals surface area contributed by atoms with E-state index in [0.717, 1.165) is 31.1 Å². The van der Waals surface area contributed by atoms with Crippen molar-refractivity contribution in [3.05, 3.63) is 0 Å². The first-order chi connectivity index (χ1) is 7.63. The Labute approximate surface area is 104 Å².